The van der Waals surface area contributed by atoms with Gasteiger partial charge in [0.1, 0.15) is 5.03 Å². The van der Waals surface area contributed by atoms with Gasteiger partial charge in [0.05, 0.1) is 11.4 Å². The lowest BCUT2D eigenvalue weighted by Gasteiger charge is -2.02. The Morgan fingerprint density at radius 3 is 2.68 bits per heavy atom. The summed E-state index contributed by atoms with van der Waals surface area (Å²) in [5.41, 5.74) is 7.36. The van der Waals surface area contributed by atoms with Gasteiger partial charge in [-0.05, 0) is 34.3 Å². The van der Waals surface area contributed by atoms with Crippen molar-refractivity contribution in [1.29, 1.82) is 0 Å². The van der Waals surface area contributed by atoms with Crippen molar-refractivity contribution >= 4 is 17.4 Å². The van der Waals surface area contributed by atoms with Gasteiger partial charge in [-0.2, -0.15) is 9.78 Å². The number of hydrogen-bond acceptors (Lipinski definition) is 6. The summed E-state index contributed by atoms with van der Waals surface area (Å²) in [6.45, 7) is 0. The Morgan fingerprint density at radius 2 is 2.00 bits per heavy atom. The Bertz CT molecular complexity index is 688. The van der Waals surface area contributed by atoms with Crippen LogP contribution in [0.25, 0.3) is 5.69 Å². The van der Waals surface area contributed by atoms with Crippen LogP contribution >= 0.6 is 11.8 Å². The maximum atomic E-state index is 5.86. The zero-order chi connectivity index (χ0) is 13.2. The predicted octanol–water partition coefficient (Wildman–Crippen LogP) is 1.13. The lowest BCUT2D eigenvalue weighted by molar-refractivity contribution is 0.733. The van der Waals surface area contributed by atoms with E-state index in [4.69, 9.17) is 5.73 Å². The van der Waals surface area contributed by atoms with Crippen molar-refractivity contribution in [3.63, 3.8) is 0 Å². The third kappa shape index (κ3) is 2.29. The number of hydrogen-bond donors (Lipinski definition) is 1. The Balaban J connectivity index is 1.95. The van der Waals surface area contributed by atoms with Crippen LogP contribution in [0.5, 0.6) is 0 Å². The van der Waals surface area contributed by atoms with E-state index >= 15 is 0 Å². The first-order valence-corrected chi connectivity index (χ1v) is 6.36. The van der Waals surface area contributed by atoms with Crippen LogP contribution in [-0.4, -0.2) is 30.0 Å². The minimum atomic E-state index is 0.607. The summed E-state index contributed by atoms with van der Waals surface area (Å²) in [4.78, 5) is 0. The second kappa shape index (κ2) is 4.73. The van der Waals surface area contributed by atoms with Crippen LogP contribution in [0.3, 0.4) is 0 Å². The fraction of sp³-hybridized carbons (Fsp3) is 0.0909. The Kier molecular flexibility index (Phi) is 2.92. The molecule has 96 valence electrons. The first-order chi connectivity index (χ1) is 9.24. The average molecular weight is 273 g/mol. The van der Waals surface area contributed by atoms with Gasteiger partial charge in [0.2, 0.25) is 5.16 Å². The molecule has 19 heavy (non-hydrogen) atoms. The topological polar surface area (TPSA) is 87.4 Å². The van der Waals surface area contributed by atoms with Gasteiger partial charge < -0.3 is 5.73 Å². The monoisotopic (exact) mass is 273 g/mol. The molecule has 3 aromatic rings. The third-order valence-electron chi connectivity index (χ3n) is 2.45. The third-order valence-corrected chi connectivity index (χ3v) is 3.40. The molecule has 3 rings (SSSR count). The summed E-state index contributed by atoms with van der Waals surface area (Å²) in [6.07, 6.45) is 1.75. The quantitative estimate of drug-likeness (QED) is 0.769. The van der Waals surface area contributed by atoms with Crippen LogP contribution in [-0.2, 0) is 7.05 Å². The molecule has 0 saturated carbocycles. The molecule has 7 nitrogen and oxygen atoms in total. The van der Waals surface area contributed by atoms with E-state index in [-0.39, 0.29) is 0 Å². The number of nitrogens with two attached hydrogens (primary N) is 1. The Labute approximate surface area is 113 Å². The zero-order valence-electron chi connectivity index (χ0n) is 10.1. The van der Waals surface area contributed by atoms with Crippen molar-refractivity contribution in [2.24, 2.45) is 7.05 Å². The van der Waals surface area contributed by atoms with Gasteiger partial charge in [-0.15, -0.1) is 5.10 Å². The lowest BCUT2D eigenvalue weighted by Crippen LogP contribution is -1.98. The molecule has 0 bridgehead atoms. The van der Waals surface area contributed by atoms with E-state index in [1.165, 1.54) is 11.8 Å². The SMILES string of the molecule is Cn1cc(N)c(Sc2nnnn2-c2ccccc2)n1. The standard InChI is InChI=1S/C11H11N7S/c1-17-7-9(12)10(14-17)19-11-13-15-16-18(11)8-5-3-2-4-6-8/h2-7H,12H2,1H3. The minimum Gasteiger partial charge on any atom is -0.395 e. The minimum absolute atomic E-state index is 0.607. The molecular formula is C11H11N7S. The lowest BCUT2D eigenvalue weighted by atomic mass is 10.3. The van der Waals surface area contributed by atoms with Gasteiger partial charge in [0.15, 0.2) is 0 Å². The highest BCUT2D eigenvalue weighted by Crippen LogP contribution is 2.29. The van der Waals surface area contributed by atoms with E-state index in [1.807, 2.05) is 37.4 Å². The van der Waals surface area contributed by atoms with Gasteiger partial charge >= 0.3 is 0 Å². The van der Waals surface area contributed by atoms with E-state index < -0.39 is 0 Å². The van der Waals surface area contributed by atoms with E-state index in [2.05, 4.69) is 20.6 Å². The zero-order valence-corrected chi connectivity index (χ0v) is 10.9. The summed E-state index contributed by atoms with van der Waals surface area (Å²) in [5.74, 6) is 0. The number of benzene rings is 1. The van der Waals surface area contributed by atoms with E-state index in [9.17, 15) is 0 Å². The van der Waals surface area contributed by atoms with E-state index in [1.54, 1.807) is 15.6 Å². The Hall–Kier alpha value is -2.35. The van der Waals surface area contributed by atoms with Crippen LogP contribution < -0.4 is 5.73 Å². The molecule has 0 atom stereocenters. The molecule has 0 aliphatic rings. The molecule has 2 aromatic heterocycles. The summed E-state index contributed by atoms with van der Waals surface area (Å²) in [5, 5.41) is 17.3. The second-order valence-electron chi connectivity index (χ2n) is 3.87. The van der Waals surface area contributed by atoms with Crippen LogP contribution in [0, 0.1) is 0 Å². The number of aryl methyl sites for hydroxylation is 1. The van der Waals surface area contributed by atoms with Crippen molar-refractivity contribution < 1.29 is 0 Å². The highest BCUT2D eigenvalue weighted by Gasteiger charge is 2.13. The largest absolute Gasteiger partial charge is 0.395 e. The van der Waals surface area contributed by atoms with Crippen molar-refractivity contribution in [2.45, 2.75) is 10.2 Å². The fourth-order valence-electron chi connectivity index (χ4n) is 1.63. The molecule has 0 amide bonds. The van der Waals surface area contributed by atoms with Crippen LogP contribution in [0.15, 0.2) is 46.7 Å². The van der Waals surface area contributed by atoms with Crippen molar-refractivity contribution in [2.75, 3.05) is 5.73 Å². The molecule has 0 spiro atoms. The summed E-state index contributed by atoms with van der Waals surface area (Å²) >= 11 is 1.33. The van der Waals surface area contributed by atoms with Gasteiger partial charge in [-0.1, -0.05) is 18.2 Å². The number of nitrogen functional groups attached to an aromatic ring is 1. The second-order valence-corrected chi connectivity index (χ2v) is 4.83. The summed E-state index contributed by atoms with van der Waals surface area (Å²) in [7, 11) is 1.82. The highest BCUT2D eigenvalue weighted by molar-refractivity contribution is 7.99. The van der Waals surface area contributed by atoms with Crippen molar-refractivity contribution in [1.82, 2.24) is 30.0 Å². The van der Waals surface area contributed by atoms with Crippen molar-refractivity contribution in [3.8, 4) is 5.69 Å². The summed E-state index contributed by atoms with van der Waals surface area (Å²) in [6, 6.07) is 9.67. The number of nitrogens with zero attached hydrogens (tertiary/aromatic N) is 6. The summed E-state index contributed by atoms with van der Waals surface area (Å²) < 4.78 is 3.31. The molecule has 0 unspecified atom stereocenters. The molecule has 0 aliphatic carbocycles. The first-order valence-electron chi connectivity index (χ1n) is 5.55. The van der Waals surface area contributed by atoms with Gasteiger partial charge in [-0.3, -0.25) is 4.68 Å². The van der Waals surface area contributed by atoms with Gasteiger partial charge in [0.25, 0.3) is 0 Å². The average Bonchev–Trinajstić information content (AvgIpc) is 2.98. The number of para-hydroxylation sites is 1. The van der Waals surface area contributed by atoms with Gasteiger partial charge in [-0.25, -0.2) is 0 Å². The van der Waals surface area contributed by atoms with Gasteiger partial charge in [0, 0.05) is 13.2 Å². The molecule has 8 heteroatoms. The van der Waals surface area contributed by atoms with Crippen LogP contribution in [0.2, 0.25) is 0 Å². The van der Waals surface area contributed by atoms with Crippen LogP contribution in [0.4, 0.5) is 5.69 Å². The maximum absolute atomic E-state index is 5.86. The van der Waals surface area contributed by atoms with Crippen molar-refractivity contribution in [3.05, 3.63) is 36.5 Å². The molecular weight excluding hydrogens is 262 g/mol. The molecule has 0 radical (unpaired) electrons. The normalized spacial score (nSPS) is 10.8. The molecule has 1 aromatic carbocycles. The number of rotatable bonds is 3. The van der Waals surface area contributed by atoms with Crippen LogP contribution in [0.1, 0.15) is 0 Å². The molecule has 0 saturated heterocycles. The molecule has 2 N–H and O–H groups in total. The smallest absolute Gasteiger partial charge is 0.220 e. The molecule has 0 aliphatic heterocycles. The maximum Gasteiger partial charge on any atom is 0.220 e. The molecule has 2 heterocycles. The number of aromatic nitrogens is 6. The highest BCUT2D eigenvalue weighted by atomic mass is 32.2. The first kappa shape index (κ1) is 11.7. The Morgan fingerprint density at radius 1 is 1.21 bits per heavy atom. The van der Waals surface area contributed by atoms with E-state index in [0.29, 0.717) is 15.9 Å². The number of anilines is 1. The molecule has 0 fully saturated rings. The van der Waals surface area contributed by atoms with E-state index in [0.717, 1.165) is 5.69 Å². The fourth-order valence-corrected chi connectivity index (χ4v) is 2.44. The number of tetrazole rings is 1. The predicted molar refractivity (Wildman–Crippen MR) is 70.9 cm³/mol.